The lowest BCUT2D eigenvalue weighted by atomic mass is 10.2. The Labute approximate surface area is 133 Å². The topological polar surface area (TPSA) is 37.4 Å². The first-order chi connectivity index (χ1) is 11.1. The van der Waals surface area contributed by atoms with Crippen molar-refractivity contribution in [2.24, 2.45) is 0 Å². The van der Waals surface area contributed by atoms with Gasteiger partial charge in [-0.05, 0) is 17.7 Å². The first-order valence-electron chi connectivity index (χ1n) is 6.29. The van der Waals surface area contributed by atoms with E-state index in [4.69, 9.17) is 0 Å². The molecule has 2 rings (SSSR count). The number of sulfonamides is 1. The van der Waals surface area contributed by atoms with Gasteiger partial charge < -0.3 is 0 Å². The lowest BCUT2D eigenvalue weighted by Gasteiger charge is -2.18. The standard InChI is InChI=1S/C14H9F6NO2S/c1-21(6-7-2-4-8(15)5-3-7)24(22,23)14-12(19)10(17)9(16)11(18)13(14)20/h2-5H,6H2,1H3. The SMILES string of the molecule is CN(Cc1ccc(F)cc1)S(=O)(=O)c1c(F)c(F)c(F)c(F)c1F. The van der Waals surface area contributed by atoms with Crippen molar-refractivity contribution in [3.63, 3.8) is 0 Å². The molecule has 0 spiro atoms. The highest BCUT2D eigenvalue weighted by molar-refractivity contribution is 7.89. The minimum Gasteiger partial charge on any atom is -0.207 e. The van der Waals surface area contributed by atoms with E-state index in [2.05, 4.69) is 0 Å². The van der Waals surface area contributed by atoms with Crippen molar-refractivity contribution in [3.05, 3.63) is 64.7 Å². The van der Waals surface area contributed by atoms with Gasteiger partial charge in [0.15, 0.2) is 28.2 Å². The molecule has 0 bridgehead atoms. The Hall–Kier alpha value is -2.07. The highest BCUT2D eigenvalue weighted by Crippen LogP contribution is 2.29. The van der Waals surface area contributed by atoms with Gasteiger partial charge in [-0.2, -0.15) is 4.31 Å². The molecule has 0 aromatic heterocycles. The van der Waals surface area contributed by atoms with Crippen molar-refractivity contribution in [3.8, 4) is 0 Å². The molecule has 0 unspecified atom stereocenters. The smallest absolute Gasteiger partial charge is 0.207 e. The summed E-state index contributed by atoms with van der Waals surface area (Å²) in [7, 11) is -4.14. The fourth-order valence-corrected chi connectivity index (χ4v) is 3.16. The largest absolute Gasteiger partial charge is 0.249 e. The fraction of sp³-hybridized carbons (Fsp3) is 0.143. The fourth-order valence-electron chi connectivity index (χ4n) is 1.90. The lowest BCUT2D eigenvalue weighted by Crippen LogP contribution is -2.29. The molecule has 130 valence electrons. The minimum absolute atomic E-state index is 0.242. The summed E-state index contributed by atoms with van der Waals surface area (Å²) < 4.78 is 104. The normalized spacial score (nSPS) is 12.0. The molecule has 2 aromatic rings. The number of rotatable bonds is 4. The summed E-state index contributed by atoms with van der Waals surface area (Å²) in [6, 6.07) is 4.46. The van der Waals surface area contributed by atoms with Crippen LogP contribution in [0, 0.1) is 34.9 Å². The van der Waals surface area contributed by atoms with Gasteiger partial charge in [-0.15, -0.1) is 0 Å². The second-order valence-electron chi connectivity index (χ2n) is 4.79. The van der Waals surface area contributed by atoms with Crippen LogP contribution in [-0.4, -0.2) is 19.8 Å². The van der Waals surface area contributed by atoms with Crippen molar-refractivity contribution in [1.82, 2.24) is 4.31 Å². The van der Waals surface area contributed by atoms with E-state index in [0.717, 1.165) is 19.2 Å². The Kier molecular flexibility index (Phi) is 4.90. The van der Waals surface area contributed by atoms with E-state index in [1.165, 1.54) is 12.1 Å². The third-order valence-corrected chi connectivity index (χ3v) is 4.98. The van der Waals surface area contributed by atoms with Crippen molar-refractivity contribution in [2.75, 3.05) is 7.05 Å². The van der Waals surface area contributed by atoms with Crippen LogP contribution in [0.15, 0.2) is 29.2 Å². The molecule has 0 fully saturated rings. The Morgan fingerprint density at radius 3 is 1.67 bits per heavy atom. The van der Waals surface area contributed by atoms with Crippen LogP contribution in [0.4, 0.5) is 26.3 Å². The molecule has 0 aliphatic carbocycles. The Morgan fingerprint density at radius 2 is 1.21 bits per heavy atom. The van der Waals surface area contributed by atoms with Crippen LogP contribution in [0.2, 0.25) is 0 Å². The molecule has 0 N–H and O–H groups in total. The molecule has 0 atom stereocenters. The number of benzene rings is 2. The van der Waals surface area contributed by atoms with Crippen molar-refractivity contribution >= 4 is 10.0 Å². The number of nitrogens with zero attached hydrogens (tertiary/aromatic N) is 1. The van der Waals surface area contributed by atoms with Crippen LogP contribution in [0.3, 0.4) is 0 Å². The van der Waals surface area contributed by atoms with Gasteiger partial charge in [-0.1, -0.05) is 12.1 Å². The van der Waals surface area contributed by atoms with Gasteiger partial charge in [0.05, 0.1) is 0 Å². The maximum atomic E-state index is 13.7. The monoisotopic (exact) mass is 369 g/mol. The summed E-state index contributed by atoms with van der Waals surface area (Å²) in [5.41, 5.74) is 0.242. The third kappa shape index (κ3) is 3.11. The Morgan fingerprint density at radius 1 is 0.792 bits per heavy atom. The summed E-state index contributed by atoms with van der Waals surface area (Å²) in [5.74, 6) is -12.7. The molecule has 0 radical (unpaired) electrons. The summed E-state index contributed by atoms with van der Waals surface area (Å²) in [6.07, 6.45) is 0. The van der Waals surface area contributed by atoms with E-state index in [0.29, 0.717) is 4.31 Å². The summed E-state index contributed by atoms with van der Waals surface area (Å²) in [6.45, 7) is -0.470. The van der Waals surface area contributed by atoms with E-state index in [1.54, 1.807) is 0 Å². The quantitative estimate of drug-likeness (QED) is 0.471. The minimum atomic E-state index is -5.03. The number of halogens is 6. The van der Waals surface area contributed by atoms with Crippen LogP contribution >= 0.6 is 0 Å². The van der Waals surface area contributed by atoms with Gasteiger partial charge in [0, 0.05) is 13.6 Å². The predicted octanol–water partition coefficient (Wildman–Crippen LogP) is 3.34. The molecule has 2 aromatic carbocycles. The maximum Gasteiger partial charge on any atom is 0.249 e. The Bertz CT molecular complexity index is 854. The molecule has 0 heterocycles. The maximum absolute atomic E-state index is 13.7. The molecule has 10 heteroatoms. The van der Waals surface area contributed by atoms with Gasteiger partial charge in [-0.25, -0.2) is 34.8 Å². The molecule has 0 saturated carbocycles. The second-order valence-corrected chi connectivity index (χ2v) is 6.77. The van der Waals surface area contributed by atoms with Gasteiger partial charge in [0.2, 0.25) is 15.8 Å². The predicted molar refractivity (Wildman–Crippen MR) is 71.3 cm³/mol. The van der Waals surface area contributed by atoms with Crippen LogP contribution in [-0.2, 0) is 16.6 Å². The summed E-state index contributed by atoms with van der Waals surface area (Å²) in [5, 5.41) is 0. The molecule has 0 saturated heterocycles. The van der Waals surface area contributed by atoms with Gasteiger partial charge >= 0.3 is 0 Å². The lowest BCUT2D eigenvalue weighted by molar-refractivity contribution is 0.352. The van der Waals surface area contributed by atoms with Crippen LogP contribution in [0.5, 0.6) is 0 Å². The van der Waals surface area contributed by atoms with E-state index in [-0.39, 0.29) is 5.56 Å². The van der Waals surface area contributed by atoms with E-state index in [9.17, 15) is 34.8 Å². The highest BCUT2D eigenvalue weighted by atomic mass is 32.2. The summed E-state index contributed by atoms with van der Waals surface area (Å²) >= 11 is 0. The average molecular weight is 369 g/mol. The molecule has 0 aliphatic heterocycles. The summed E-state index contributed by atoms with van der Waals surface area (Å²) in [4.78, 5) is -1.94. The molecule has 0 amide bonds. The average Bonchev–Trinajstić information content (AvgIpc) is 2.53. The van der Waals surface area contributed by atoms with E-state index < -0.39 is 56.4 Å². The zero-order valence-electron chi connectivity index (χ0n) is 12.0. The Balaban J connectivity index is 2.49. The zero-order valence-corrected chi connectivity index (χ0v) is 12.8. The number of hydrogen-bond acceptors (Lipinski definition) is 2. The van der Waals surface area contributed by atoms with Gasteiger partial charge in [0.1, 0.15) is 5.82 Å². The first kappa shape index (κ1) is 18.3. The van der Waals surface area contributed by atoms with E-state index in [1.807, 2.05) is 0 Å². The van der Waals surface area contributed by atoms with Gasteiger partial charge in [0.25, 0.3) is 0 Å². The van der Waals surface area contributed by atoms with Crippen molar-refractivity contribution in [1.29, 1.82) is 0 Å². The molecule has 24 heavy (non-hydrogen) atoms. The van der Waals surface area contributed by atoms with Crippen molar-refractivity contribution < 1.29 is 34.8 Å². The first-order valence-corrected chi connectivity index (χ1v) is 7.73. The zero-order chi connectivity index (χ0) is 18.2. The molecular formula is C14H9F6NO2S. The highest BCUT2D eigenvalue weighted by Gasteiger charge is 2.35. The number of hydrogen-bond donors (Lipinski definition) is 0. The molecular weight excluding hydrogens is 360 g/mol. The van der Waals surface area contributed by atoms with Crippen LogP contribution < -0.4 is 0 Å². The van der Waals surface area contributed by atoms with Crippen LogP contribution in [0.1, 0.15) is 5.56 Å². The third-order valence-electron chi connectivity index (χ3n) is 3.16. The molecule has 0 aliphatic rings. The van der Waals surface area contributed by atoms with Crippen LogP contribution in [0.25, 0.3) is 0 Å². The van der Waals surface area contributed by atoms with E-state index >= 15 is 0 Å². The van der Waals surface area contributed by atoms with Gasteiger partial charge in [-0.3, -0.25) is 0 Å². The second kappa shape index (κ2) is 6.44. The van der Waals surface area contributed by atoms with Crippen molar-refractivity contribution in [2.45, 2.75) is 11.4 Å². The molecule has 3 nitrogen and oxygen atoms in total.